The van der Waals surface area contributed by atoms with Crippen LogP contribution in [0.15, 0.2) is 10.6 Å². The van der Waals surface area contributed by atoms with Crippen molar-refractivity contribution in [1.29, 1.82) is 0 Å². The fourth-order valence-electron chi connectivity index (χ4n) is 1.07. The molecule has 0 fully saturated rings. The minimum atomic E-state index is -0.349. The third kappa shape index (κ3) is 3.35. The fourth-order valence-corrected chi connectivity index (χ4v) is 1.07. The van der Waals surface area contributed by atoms with Crippen LogP contribution in [0, 0.1) is 6.92 Å². The number of aryl methyl sites for hydroxylation is 1. The van der Waals surface area contributed by atoms with E-state index in [1.807, 2.05) is 0 Å². The predicted molar refractivity (Wildman–Crippen MR) is 56.6 cm³/mol. The number of hydrogen-bond donors (Lipinski definition) is 2. The van der Waals surface area contributed by atoms with E-state index in [9.17, 15) is 9.59 Å². The molecule has 0 saturated heterocycles. The number of carbonyl (C=O) groups is 2. The number of aromatic nitrogens is 1. The Bertz CT molecular complexity index is 388. The number of rotatable bonds is 4. The second-order valence-corrected chi connectivity index (χ2v) is 3.32. The highest BCUT2D eigenvalue weighted by Crippen LogP contribution is 2.06. The Labute approximate surface area is 92.6 Å². The van der Waals surface area contributed by atoms with Crippen molar-refractivity contribution in [2.75, 3.05) is 25.5 Å². The van der Waals surface area contributed by atoms with Gasteiger partial charge in [0.2, 0.25) is 11.8 Å². The maximum Gasteiger partial charge on any atom is 0.245 e. The Morgan fingerprint density at radius 1 is 1.62 bits per heavy atom. The maximum absolute atomic E-state index is 11.4. The number of nitrogens with one attached hydrogen (secondary N) is 1. The maximum atomic E-state index is 11.4. The number of likely N-dealkylation sites (N-methyl/N-ethyl adjacent to an activating group) is 1. The summed E-state index contributed by atoms with van der Waals surface area (Å²) in [5.41, 5.74) is 5.15. The first-order valence-electron chi connectivity index (χ1n) is 4.70. The summed E-state index contributed by atoms with van der Waals surface area (Å²) in [7, 11) is 1.50. The number of carbonyl (C=O) groups excluding carboxylic acids is 2. The Balaban J connectivity index is 2.45. The molecule has 0 aliphatic rings. The van der Waals surface area contributed by atoms with Gasteiger partial charge in [-0.3, -0.25) is 9.59 Å². The van der Waals surface area contributed by atoms with Gasteiger partial charge in [-0.25, -0.2) is 0 Å². The summed E-state index contributed by atoms with van der Waals surface area (Å²) < 4.78 is 4.77. The van der Waals surface area contributed by atoms with Gasteiger partial charge in [0.05, 0.1) is 13.1 Å². The topological polar surface area (TPSA) is 101 Å². The van der Waals surface area contributed by atoms with Crippen LogP contribution in [0.5, 0.6) is 0 Å². The third-order valence-corrected chi connectivity index (χ3v) is 1.88. The molecule has 1 aromatic heterocycles. The lowest BCUT2D eigenvalue weighted by Crippen LogP contribution is -2.38. The molecule has 16 heavy (non-hydrogen) atoms. The molecule has 0 bridgehead atoms. The van der Waals surface area contributed by atoms with Crippen LogP contribution in [-0.2, 0) is 9.59 Å². The zero-order chi connectivity index (χ0) is 12.1. The molecular weight excluding hydrogens is 212 g/mol. The van der Waals surface area contributed by atoms with Crippen LogP contribution in [0.4, 0.5) is 5.82 Å². The van der Waals surface area contributed by atoms with Crippen LogP contribution in [0.1, 0.15) is 5.76 Å². The summed E-state index contributed by atoms with van der Waals surface area (Å²) in [6.07, 6.45) is 0. The van der Waals surface area contributed by atoms with E-state index in [2.05, 4.69) is 10.5 Å². The highest BCUT2D eigenvalue weighted by atomic mass is 16.5. The molecule has 0 atom stereocenters. The minimum absolute atomic E-state index is 0.0675. The van der Waals surface area contributed by atoms with Gasteiger partial charge in [-0.05, 0) is 6.92 Å². The monoisotopic (exact) mass is 226 g/mol. The Morgan fingerprint density at radius 3 is 2.81 bits per heavy atom. The lowest BCUT2D eigenvalue weighted by molar-refractivity contribution is -0.132. The van der Waals surface area contributed by atoms with E-state index in [0.717, 1.165) is 0 Å². The van der Waals surface area contributed by atoms with Crippen LogP contribution >= 0.6 is 0 Å². The first-order chi connectivity index (χ1) is 7.52. The summed E-state index contributed by atoms with van der Waals surface area (Å²) in [6.45, 7) is 1.53. The van der Waals surface area contributed by atoms with Crippen LogP contribution in [0.3, 0.4) is 0 Å². The van der Waals surface area contributed by atoms with Crippen LogP contribution < -0.4 is 11.1 Å². The van der Waals surface area contributed by atoms with Crippen molar-refractivity contribution in [3.63, 3.8) is 0 Å². The average molecular weight is 226 g/mol. The molecule has 0 aliphatic carbocycles. The molecular formula is C9H14N4O3. The van der Waals surface area contributed by atoms with Gasteiger partial charge in [0.1, 0.15) is 5.76 Å². The van der Waals surface area contributed by atoms with Crippen molar-refractivity contribution in [2.45, 2.75) is 6.92 Å². The van der Waals surface area contributed by atoms with Gasteiger partial charge in [-0.15, -0.1) is 0 Å². The smallest absolute Gasteiger partial charge is 0.245 e. The molecule has 3 N–H and O–H groups in total. The van der Waals surface area contributed by atoms with E-state index in [4.69, 9.17) is 10.3 Å². The standard InChI is InChI=1S/C9H14N4O3/c1-6-3-7(12-16-6)11-8(14)5-13(2)9(15)4-10/h3H,4-5,10H2,1-2H3,(H,11,12,14). The summed E-state index contributed by atoms with van der Waals surface area (Å²) in [6, 6.07) is 1.59. The molecule has 0 spiro atoms. The summed E-state index contributed by atoms with van der Waals surface area (Å²) in [5.74, 6) is 0.280. The van der Waals surface area contributed by atoms with Crippen LogP contribution in [-0.4, -0.2) is 42.0 Å². The SMILES string of the molecule is Cc1cc(NC(=O)CN(C)C(=O)CN)no1. The number of amides is 2. The van der Waals surface area contributed by atoms with Crippen molar-refractivity contribution in [1.82, 2.24) is 10.1 Å². The molecule has 0 saturated carbocycles. The zero-order valence-electron chi connectivity index (χ0n) is 9.19. The quantitative estimate of drug-likeness (QED) is 0.709. The predicted octanol–water partition coefficient (Wildman–Crippen LogP) is -0.661. The highest BCUT2D eigenvalue weighted by molar-refractivity contribution is 5.93. The highest BCUT2D eigenvalue weighted by Gasteiger charge is 2.12. The lowest BCUT2D eigenvalue weighted by atomic mass is 10.4. The number of hydrogen-bond acceptors (Lipinski definition) is 5. The number of nitrogens with zero attached hydrogens (tertiary/aromatic N) is 2. The largest absolute Gasteiger partial charge is 0.360 e. The van der Waals surface area contributed by atoms with Gasteiger partial charge in [-0.1, -0.05) is 5.16 Å². The molecule has 0 aromatic carbocycles. The first kappa shape index (κ1) is 12.2. The Hall–Kier alpha value is -1.89. The molecule has 88 valence electrons. The molecule has 2 amide bonds. The van der Waals surface area contributed by atoms with Gasteiger partial charge in [0.15, 0.2) is 5.82 Å². The first-order valence-corrected chi connectivity index (χ1v) is 4.70. The van der Waals surface area contributed by atoms with Gasteiger partial charge in [0.25, 0.3) is 0 Å². The van der Waals surface area contributed by atoms with Crippen molar-refractivity contribution in [2.24, 2.45) is 5.73 Å². The molecule has 1 rings (SSSR count). The summed E-state index contributed by atoms with van der Waals surface area (Å²) in [4.78, 5) is 23.8. The normalized spacial score (nSPS) is 9.94. The van der Waals surface area contributed by atoms with Gasteiger partial charge in [-0.2, -0.15) is 0 Å². The Kier molecular flexibility index (Phi) is 4.01. The second-order valence-electron chi connectivity index (χ2n) is 3.32. The van der Waals surface area contributed by atoms with Gasteiger partial charge >= 0.3 is 0 Å². The second kappa shape index (κ2) is 5.26. The zero-order valence-corrected chi connectivity index (χ0v) is 9.19. The Morgan fingerprint density at radius 2 is 2.31 bits per heavy atom. The molecule has 0 radical (unpaired) electrons. The molecule has 0 unspecified atom stereocenters. The van der Waals surface area contributed by atoms with Crippen molar-refractivity contribution < 1.29 is 14.1 Å². The van der Waals surface area contributed by atoms with Crippen LogP contribution in [0.25, 0.3) is 0 Å². The van der Waals surface area contributed by atoms with E-state index >= 15 is 0 Å². The number of anilines is 1. The molecule has 7 heteroatoms. The minimum Gasteiger partial charge on any atom is -0.360 e. The van der Waals surface area contributed by atoms with Gasteiger partial charge < -0.3 is 20.5 Å². The molecule has 0 aliphatic heterocycles. The van der Waals surface area contributed by atoms with E-state index in [0.29, 0.717) is 11.6 Å². The molecule has 1 heterocycles. The number of nitrogens with two attached hydrogens (primary N) is 1. The molecule has 1 aromatic rings. The van der Waals surface area contributed by atoms with Gasteiger partial charge in [0, 0.05) is 13.1 Å². The lowest BCUT2D eigenvalue weighted by Gasteiger charge is -2.14. The average Bonchev–Trinajstić information content (AvgIpc) is 2.62. The van der Waals surface area contributed by atoms with E-state index < -0.39 is 0 Å². The van der Waals surface area contributed by atoms with E-state index in [-0.39, 0.29) is 24.9 Å². The summed E-state index contributed by atoms with van der Waals surface area (Å²) >= 11 is 0. The van der Waals surface area contributed by atoms with E-state index in [1.54, 1.807) is 13.0 Å². The van der Waals surface area contributed by atoms with Crippen LogP contribution in [0.2, 0.25) is 0 Å². The van der Waals surface area contributed by atoms with Crippen molar-refractivity contribution >= 4 is 17.6 Å². The molecule has 7 nitrogen and oxygen atoms in total. The fraction of sp³-hybridized carbons (Fsp3) is 0.444. The van der Waals surface area contributed by atoms with Crippen molar-refractivity contribution in [3.05, 3.63) is 11.8 Å². The third-order valence-electron chi connectivity index (χ3n) is 1.88. The summed E-state index contributed by atoms with van der Waals surface area (Å²) in [5, 5.41) is 6.09. The van der Waals surface area contributed by atoms with E-state index in [1.165, 1.54) is 11.9 Å². The van der Waals surface area contributed by atoms with Crippen molar-refractivity contribution in [3.8, 4) is 0 Å².